The molecule has 520 valence electrons. The minimum absolute atomic E-state index is 0.0681. The topological polar surface area (TPSA) is 12.0 Å². The van der Waals surface area contributed by atoms with Gasteiger partial charge in [0.15, 0.2) is 0 Å². The Balaban J connectivity index is 0.652. The van der Waals surface area contributed by atoms with Gasteiger partial charge in [-0.25, -0.2) is 0 Å². The van der Waals surface area contributed by atoms with Crippen LogP contribution in [0.15, 0.2) is 206 Å². The fraction of sp³-hybridized carbons (Fsp3) is 0.400. The van der Waals surface area contributed by atoms with Crippen molar-refractivity contribution in [2.45, 2.75) is 257 Å². The second kappa shape index (κ2) is 30.9. The van der Waals surface area contributed by atoms with Gasteiger partial charge in [0.05, 0.1) is 0 Å². The smallest absolute Gasteiger partial charge is 0.0384 e. The summed E-state index contributed by atoms with van der Waals surface area (Å²) in [6, 6.07) is 81.3. The number of anilines is 2. The molecule has 14 rings (SSSR count). The van der Waals surface area contributed by atoms with E-state index in [9.17, 15) is 0 Å². The van der Waals surface area contributed by atoms with Crippen LogP contribution in [0.25, 0.3) is 89.0 Å². The highest BCUT2D eigenvalue weighted by Crippen LogP contribution is 2.59. The molecule has 0 amide bonds. The predicted octanol–water partition coefficient (Wildman–Crippen LogP) is 30.2. The van der Waals surface area contributed by atoms with Crippen LogP contribution in [0.2, 0.25) is 0 Å². The summed E-state index contributed by atoms with van der Waals surface area (Å²) < 4.78 is 0. The van der Waals surface area contributed by atoms with Crippen molar-refractivity contribution in [2.75, 3.05) is 5.32 Å². The van der Waals surface area contributed by atoms with Crippen molar-refractivity contribution in [2.24, 2.45) is 0 Å². The molecule has 0 aromatic heterocycles. The SMILES string of the molecule is CCCCCCCCC1(CCCCCCCC)c2ccccc2-c2ccc(-c3ccc4c(c3)C(C)(C)c3cc(-c5ccc(Nc6ccc(-c7ccc8c(c7)C(C)(C)c7cc(-c9ccc%10c(c9)C(CCCCCCCC)(CCCCCCCC)c9ccccc9-%10)ccc7-8)cc6)cc5)ccc3-4)cc21. The van der Waals surface area contributed by atoms with Crippen molar-refractivity contribution in [3.05, 3.63) is 251 Å². The summed E-state index contributed by atoms with van der Waals surface area (Å²) in [6.45, 7) is 19.1. The van der Waals surface area contributed by atoms with Crippen LogP contribution < -0.4 is 5.32 Å². The average Bonchev–Trinajstić information content (AvgIpc) is 1.59. The molecule has 0 heterocycles. The van der Waals surface area contributed by atoms with Crippen molar-refractivity contribution in [1.82, 2.24) is 0 Å². The molecule has 101 heavy (non-hydrogen) atoms. The summed E-state index contributed by atoms with van der Waals surface area (Å²) >= 11 is 0. The lowest BCUT2D eigenvalue weighted by molar-refractivity contribution is 0.398. The number of nitrogens with one attached hydrogen (secondary N) is 1. The Bertz CT molecular complexity index is 4190. The Morgan fingerprint density at radius 2 is 0.426 bits per heavy atom. The first-order valence-corrected chi connectivity index (χ1v) is 40.5. The second-order valence-electron chi connectivity index (χ2n) is 32.4. The lowest BCUT2D eigenvalue weighted by Crippen LogP contribution is -2.25. The quantitative estimate of drug-likeness (QED) is 0.0397. The molecule has 0 unspecified atom stereocenters. The maximum Gasteiger partial charge on any atom is 0.0384 e. The van der Waals surface area contributed by atoms with Crippen molar-refractivity contribution in [1.29, 1.82) is 0 Å². The number of hydrogen-bond acceptors (Lipinski definition) is 1. The molecule has 4 aliphatic rings. The molecule has 0 atom stereocenters. The number of benzene rings is 10. The van der Waals surface area contributed by atoms with Crippen LogP contribution in [0.4, 0.5) is 11.4 Å². The molecule has 0 radical (unpaired) electrons. The molecule has 10 aromatic carbocycles. The van der Waals surface area contributed by atoms with Gasteiger partial charge in [0.2, 0.25) is 0 Å². The Labute approximate surface area is 609 Å². The van der Waals surface area contributed by atoms with Crippen molar-refractivity contribution in [3.63, 3.8) is 0 Å². The molecule has 1 heteroatoms. The third-order valence-electron chi connectivity index (χ3n) is 25.1. The molecule has 10 aromatic rings. The van der Waals surface area contributed by atoms with E-state index in [4.69, 9.17) is 0 Å². The Kier molecular flexibility index (Phi) is 21.4. The van der Waals surface area contributed by atoms with Crippen LogP contribution >= 0.6 is 0 Å². The second-order valence-corrected chi connectivity index (χ2v) is 32.4. The highest BCUT2D eigenvalue weighted by atomic mass is 14.9. The monoisotopic (exact) mass is 1330 g/mol. The minimum Gasteiger partial charge on any atom is -0.356 e. The average molecular weight is 1330 g/mol. The lowest BCUT2D eigenvalue weighted by atomic mass is 9.70. The summed E-state index contributed by atoms with van der Waals surface area (Å²) in [4.78, 5) is 0. The van der Waals surface area contributed by atoms with Gasteiger partial charge < -0.3 is 5.32 Å². The Morgan fingerprint density at radius 1 is 0.208 bits per heavy atom. The number of fused-ring (bicyclic) bond motifs is 12. The van der Waals surface area contributed by atoms with E-state index in [2.05, 4.69) is 267 Å². The Morgan fingerprint density at radius 3 is 0.713 bits per heavy atom. The normalized spacial score (nSPS) is 14.8. The summed E-state index contributed by atoms with van der Waals surface area (Å²) in [6.07, 6.45) is 37.0. The van der Waals surface area contributed by atoms with Crippen LogP contribution in [0, 0.1) is 0 Å². The van der Waals surface area contributed by atoms with Crippen molar-refractivity contribution in [3.8, 4) is 89.0 Å². The summed E-state index contributed by atoms with van der Waals surface area (Å²) in [5, 5.41) is 3.75. The zero-order valence-electron chi connectivity index (χ0n) is 62.9. The van der Waals surface area contributed by atoms with Gasteiger partial charge in [-0.05, 0) is 220 Å². The zero-order chi connectivity index (χ0) is 69.6. The first-order valence-electron chi connectivity index (χ1n) is 40.5. The molecule has 0 spiro atoms. The van der Waals surface area contributed by atoms with Crippen molar-refractivity contribution < 1.29 is 0 Å². The maximum atomic E-state index is 3.75. The largest absolute Gasteiger partial charge is 0.356 e. The van der Waals surface area contributed by atoms with E-state index in [1.165, 1.54) is 291 Å². The van der Waals surface area contributed by atoms with Gasteiger partial charge in [0, 0.05) is 33.0 Å². The minimum atomic E-state index is -0.145. The standard InChI is InChI=1S/C100H115N/c1-9-13-17-21-25-33-61-99(62-34-26-22-18-14-10-2)89-39-31-29-37-81(89)87-59-49-77(69-95(87)99)75-47-57-85-83-55-45-73(65-91(83)97(5,6)93(85)67-75)71-41-51-79(52-42-71)101-80-53-43-72(44-54-80)74-46-56-84-86-58-48-76(68-94(86)98(7,8)92(84)66-74)78-50-60-88-82-38-30-32-40-90(82)100(96(88)70-78,63-35-27-23-19-15-11-3)64-36-28-24-20-16-12-4/h29-32,37-60,65-70,101H,9-28,33-36,61-64H2,1-8H3. The van der Waals surface area contributed by atoms with Gasteiger partial charge in [-0.15, -0.1) is 0 Å². The van der Waals surface area contributed by atoms with Crippen LogP contribution in [0.1, 0.15) is 280 Å². The first-order chi connectivity index (χ1) is 49.4. The van der Waals surface area contributed by atoms with E-state index in [1.807, 2.05) is 0 Å². The molecule has 1 nitrogen and oxygen atoms in total. The van der Waals surface area contributed by atoms with Crippen LogP contribution in [-0.2, 0) is 21.7 Å². The number of rotatable bonds is 34. The van der Waals surface area contributed by atoms with E-state index in [1.54, 1.807) is 22.3 Å². The van der Waals surface area contributed by atoms with Gasteiger partial charge >= 0.3 is 0 Å². The Hall–Kier alpha value is -8.00. The molecule has 1 N–H and O–H groups in total. The molecule has 0 bridgehead atoms. The molecule has 0 saturated heterocycles. The van der Waals surface area contributed by atoms with Gasteiger partial charge in [0.25, 0.3) is 0 Å². The molecule has 0 aliphatic heterocycles. The third kappa shape index (κ3) is 13.8. The van der Waals surface area contributed by atoms with E-state index >= 15 is 0 Å². The summed E-state index contributed by atoms with van der Waals surface area (Å²) in [5.74, 6) is 0. The molecule has 0 saturated carbocycles. The fourth-order valence-corrected chi connectivity index (χ4v) is 19.3. The molecule has 4 aliphatic carbocycles. The van der Waals surface area contributed by atoms with Crippen LogP contribution in [0.3, 0.4) is 0 Å². The fourth-order valence-electron chi connectivity index (χ4n) is 19.3. The molecular weight excluding hydrogens is 1220 g/mol. The highest BCUT2D eigenvalue weighted by Gasteiger charge is 2.45. The van der Waals surface area contributed by atoms with Gasteiger partial charge in [-0.3, -0.25) is 0 Å². The van der Waals surface area contributed by atoms with E-state index in [0.29, 0.717) is 0 Å². The van der Waals surface area contributed by atoms with Gasteiger partial charge in [-0.1, -0.05) is 355 Å². The van der Waals surface area contributed by atoms with Gasteiger partial charge in [0.1, 0.15) is 0 Å². The van der Waals surface area contributed by atoms with Gasteiger partial charge in [-0.2, -0.15) is 0 Å². The summed E-state index contributed by atoms with van der Waals surface area (Å²) in [5.41, 5.74) is 35.7. The maximum absolute atomic E-state index is 3.75. The number of hydrogen-bond donors (Lipinski definition) is 1. The predicted molar refractivity (Wildman–Crippen MR) is 437 cm³/mol. The van der Waals surface area contributed by atoms with E-state index < -0.39 is 0 Å². The molecule has 0 fully saturated rings. The third-order valence-corrected chi connectivity index (χ3v) is 25.1. The number of unbranched alkanes of at least 4 members (excludes halogenated alkanes) is 20. The lowest BCUT2D eigenvalue weighted by Gasteiger charge is -2.33. The van der Waals surface area contributed by atoms with E-state index in [-0.39, 0.29) is 21.7 Å². The molecular formula is C100H115N. The van der Waals surface area contributed by atoms with Crippen molar-refractivity contribution >= 4 is 11.4 Å². The highest BCUT2D eigenvalue weighted by molar-refractivity contribution is 5.91. The zero-order valence-corrected chi connectivity index (χ0v) is 62.9. The first kappa shape index (κ1) is 70.1. The van der Waals surface area contributed by atoms with E-state index in [0.717, 1.165) is 11.4 Å². The van der Waals surface area contributed by atoms with Crippen LogP contribution in [-0.4, -0.2) is 0 Å². The van der Waals surface area contributed by atoms with Crippen LogP contribution in [0.5, 0.6) is 0 Å². The summed E-state index contributed by atoms with van der Waals surface area (Å²) in [7, 11) is 0.